The Labute approximate surface area is 109 Å². The summed E-state index contributed by atoms with van der Waals surface area (Å²) < 4.78 is 0. The summed E-state index contributed by atoms with van der Waals surface area (Å²) in [6.45, 7) is 4.12. The Bertz CT molecular complexity index is 229. The maximum Gasteiger partial charge on any atom is 0 e. The van der Waals surface area contributed by atoms with Gasteiger partial charge in [0.15, 0.2) is 0 Å². The fraction of sp³-hybridized carbons (Fsp3) is 0.333. The normalized spacial score (nSPS) is 14.8. The summed E-state index contributed by atoms with van der Waals surface area (Å²) >= 11 is 0. The predicted molar refractivity (Wildman–Crippen MR) is 57.4 cm³/mol. The molecule has 0 amide bonds. The van der Waals surface area contributed by atoms with E-state index in [0.29, 0.717) is 0 Å². The van der Waals surface area contributed by atoms with Crippen LogP contribution in [0, 0.1) is 12.2 Å². The number of rotatable bonds is 0. The molecule has 84 valence electrons. The Morgan fingerprint density at radius 1 is 0.867 bits per heavy atom. The molecular weight excluding hydrogens is 361 g/mol. The smallest absolute Gasteiger partial charge is 0 e. The Morgan fingerprint density at radius 2 is 1.20 bits per heavy atom. The molecular formula is C12H16F2Hf-2. The summed E-state index contributed by atoms with van der Waals surface area (Å²) in [5, 5.41) is 0. The van der Waals surface area contributed by atoms with Crippen molar-refractivity contribution in [3.8, 4) is 0 Å². The molecule has 0 bridgehead atoms. The molecule has 2 aliphatic carbocycles. The third-order valence-corrected chi connectivity index (χ3v) is 1.73. The van der Waals surface area contributed by atoms with Crippen LogP contribution in [0.3, 0.4) is 0 Å². The van der Waals surface area contributed by atoms with Crippen LogP contribution < -0.4 is 0 Å². The van der Waals surface area contributed by atoms with Gasteiger partial charge in [0.1, 0.15) is 0 Å². The molecule has 0 saturated carbocycles. The molecule has 2 rings (SSSR count). The third-order valence-electron chi connectivity index (χ3n) is 1.73. The molecule has 0 heterocycles. The average molecular weight is 377 g/mol. The second-order valence-corrected chi connectivity index (χ2v) is 2.93. The van der Waals surface area contributed by atoms with Crippen LogP contribution in [0.25, 0.3) is 0 Å². The van der Waals surface area contributed by atoms with Gasteiger partial charge in [-0.15, -0.1) is 12.8 Å². The quantitative estimate of drug-likeness (QED) is 0.447. The van der Waals surface area contributed by atoms with Gasteiger partial charge < -0.3 is 0 Å². The predicted octanol–water partition coefficient (Wildman–Crippen LogP) is 3.69. The second kappa shape index (κ2) is 11.8. The minimum Gasteiger partial charge on any atom is -0.270 e. The monoisotopic (exact) mass is 378 g/mol. The molecule has 0 aromatic carbocycles. The first-order valence-electron chi connectivity index (χ1n) is 4.27. The van der Waals surface area contributed by atoms with Crippen molar-refractivity contribution < 1.29 is 35.3 Å². The maximum absolute atomic E-state index is 3.12. The molecule has 15 heavy (non-hydrogen) atoms. The Morgan fingerprint density at radius 3 is 1.27 bits per heavy atom. The van der Waals surface area contributed by atoms with Crippen LogP contribution in [0.1, 0.15) is 26.7 Å². The van der Waals surface area contributed by atoms with Crippen LogP contribution in [-0.4, -0.2) is 0 Å². The summed E-state index contributed by atoms with van der Waals surface area (Å²) in [6, 6.07) is 0. The summed E-state index contributed by atoms with van der Waals surface area (Å²) in [5.41, 5.74) is 2.55. The number of hydrogen-bond donors (Lipinski definition) is 0. The van der Waals surface area contributed by atoms with E-state index in [0.717, 1.165) is 12.8 Å². The van der Waals surface area contributed by atoms with Gasteiger partial charge in [-0.1, -0.05) is 13.8 Å². The van der Waals surface area contributed by atoms with E-state index in [-0.39, 0.29) is 35.3 Å². The van der Waals surface area contributed by atoms with Gasteiger partial charge in [-0.2, -0.15) is 12.2 Å². The van der Waals surface area contributed by atoms with Gasteiger partial charge in [0, 0.05) is 25.8 Å². The SMILES string of the molecule is CC1=[C-]CC=C1.CC1=[C-]CC=C1.F.F.[Hf]. The summed E-state index contributed by atoms with van der Waals surface area (Å²) in [6.07, 6.45) is 16.7. The summed E-state index contributed by atoms with van der Waals surface area (Å²) in [5.74, 6) is 0. The largest absolute Gasteiger partial charge is 0.270 e. The van der Waals surface area contributed by atoms with Gasteiger partial charge in [-0.25, -0.2) is 23.3 Å². The van der Waals surface area contributed by atoms with Crippen LogP contribution in [0.15, 0.2) is 35.5 Å². The van der Waals surface area contributed by atoms with E-state index in [4.69, 9.17) is 0 Å². The van der Waals surface area contributed by atoms with Crippen LogP contribution in [0.5, 0.6) is 0 Å². The number of allylic oxidation sites excluding steroid dienone is 8. The molecule has 0 atom stereocenters. The number of halogens is 2. The summed E-state index contributed by atoms with van der Waals surface area (Å²) in [4.78, 5) is 0. The number of hydrogen-bond acceptors (Lipinski definition) is 0. The molecule has 0 radical (unpaired) electrons. The maximum atomic E-state index is 3.12. The first-order chi connectivity index (χ1) is 5.79. The Balaban J connectivity index is -0.000000160. The first kappa shape index (κ1) is 20.1. The van der Waals surface area contributed by atoms with Gasteiger partial charge in [0.05, 0.1) is 0 Å². The molecule has 2 aliphatic rings. The minimum atomic E-state index is 0. The second-order valence-electron chi connectivity index (χ2n) is 2.93. The van der Waals surface area contributed by atoms with E-state index < -0.39 is 0 Å². The molecule has 0 fully saturated rings. The van der Waals surface area contributed by atoms with Crippen molar-refractivity contribution >= 4 is 0 Å². The molecule has 3 heteroatoms. The zero-order valence-electron chi connectivity index (χ0n) is 9.04. The van der Waals surface area contributed by atoms with Crippen LogP contribution in [0.2, 0.25) is 0 Å². The van der Waals surface area contributed by atoms with E-state index >= 15 is 0 Å². The van der Waals surface area contributed by atoms with Gasteiger partial charge in [0.25, 0.3) is 0 Å². The van der Waals surface area contributed by atoms with Crippen LogP contribution in [-0.2, 0) is 25.8 Å². The van der Waals surface area contributed by atoms with Crippen molar-refractivity contribution in [2.24, 2.45) is 0 Å². The standard InChI is InChI=1S/2C6H7.2FH.Hf/c2*1-6-4-2-3-5-6;;;/h2*2,4H,3H2,1H3;2*1H;/q2*-1;;;. The van der Waals surface area contributed by atoms with E-state index in [9.17, 15) is 0 Å². The van der Waals surface area contributed by atoms with Crippen molar-refractivity contribution in [3.63, 3.8) is 0 Å². The third kappa shape index (κ3) is 9.98. The van der Waals surface area contributed by atoms with E-state index in [1.807, 2.05) is 0 Å². The van der Waals surface area contributed by atoms with Crippen molar-refractivity contribution in [2.75, 3.05) is 0 Å². The Hall–Kier alpha value is -0.310. The molecule has 0 aliphatic heterocycles. The Kier molecular flexibility index (Phi) is 15.8. The molecule has 0 nitrogen and oxygen atoms in total. The average Bonchev–Trinajstić information content (AvgIpc) is 2.63. The first-order valence-corrected chi connectivity index (χ1v) is 4.27. The van der Waals surface area contributed by atoms with Gasteiger partial charge in [-0.3, -0.25) is 21.6 Å². The zero-order chi connectivity index (χ0) is 8.81. The topological polar surface area (TPSA) is 0 Å². The van der Waals surface area contributed by atoms with E-state index in [2.05, 4.69) is 50.3 Å². The molecule has 0 saturated heterocycles. The van der Waals surface area contributed by atoms with Gasteiger partial charge in [0.2, 0.25) is 0 Å². The van der Waals surface area contributed by atoms with E-state index in [1.54, 1.807) is 0 Å². The van der Waals surface area contributed by atoms with E-state index in [1.165, 1.54) is 11.1 Å². The molecule has 0 unspecified atom stereocenters. The molecule has 0 N–H and O–H groups in total. The van der Waals surface area contributed by atoms with Crippen molar-refractivity contribution in [3.05, 3.63) is 47.6 Å². The van der Waals surface area contributed by atoms with Crippen LogP contribution >= 0.6 is 0 Å². The summed E-state index contributed by atoms with van der Waals surface area (Å²) in [7, 11) is 0. The van der Waals surface area contributed by atoms with Gasteiger partial charge in [-0.05, 0) is 0 Å². The van der Waals surface area contributed by atoms with Crippen molar-refractivity contribution in [1.82, 2.24) is 0 Å². The molecule has 0 aromatic rings. The van der Waals surface area contributed by atoms with Crippen LogP contribution in [0.4, 0.5) is 9.41 Å². The fourth-order valence-corrected chi connectivity index (χ4v) is 1.03. The van der Waals surface area contributed by atoms with Gasteiger partial charge >= 0.3 is 0 Å². The zero-order valence-corrected chi connectivity index (χ0v) is 12.6. The minimum absolute atomic E-state index is 0. The van der Waals surface area contributed by atoms with Crippen molar-refractivity contribution in [2.45, 2.75) is 26.7 Å². The molecule has 0 spiro atoms. The molecule has 0 aromatic heterocycles. The van der Waals surface area contributed by atoms with Crippen molar-refractivity contribution in [1.29, 1.82) is 0 Å². The fourth-order valence-electron chi connectivity index (χ4n) is 1.03.